The van der Waals surface area contributed by atoms with E-state index in [-0.39, 0.29) is 12.4 Å². The first-order valence-electron chi connectivity index (χ1n) is 8.22. The maximum atomic E-state index is 12.4. The van der Waals surface area contributed by atoms with Crippen LogP contribution in [0.4, 0.5) is 0 Å². The maximum absolute atomic E-state index is 12.4. The molecule has 2 aromatic rings. The van der Waals surface area contributed by atoms with Gasteiger partial charge in [0.15, 0.2) is 0 Å². The van der Waals surface area contributed by atoms with Crippen molar-refractivity contribution in [2.24, 2.45) is 0 Å². The molecule has 4 heteroatoms. The Balaban J connectivity index is 2.02. The van der Waals surface area contributed by atoms with Crippen molar-refractivity contribution in [2.45, 2.75) is 32.6 Å². The summed E-state index contributed by atoms with van der Waals surface area (Å²) in [7, 11) is 0. The lowest BCUT2D eigenvalue weighted by Crippen LogP contribution is -2.20. The summed E-state index contributed by atoms with van der Waals surface area (Å²) >= 11 is 0. The first-order valence-corrected chi connectivity index (χ1v) is 8.22. The van der Waals surface area contributed by atoms with Crippen LogP contribution in [0.25, 0.3) is 0 Å². The number of hydrogen-bond donors (Lipinski definition) is 1. The Morgan fingerprint density at radius 2 is 1.54 bits per heavy atom. The topological polar surface area (TPSA) is 63.6 Å². The molecule has 4 nitrogen and oxygen atoms in total. The van der Waals surface area contributed by atoms with Crippen molar-refractivity contribution in [3.05, 3.63) is 64.2 Å². The van der Waals surface area contributed by atoms with Crippen LogP contribution in [-0.2, 0) is 35.2 Å². The SMILES string of the molecule is CCOC(=O)C(=O)c1cc2c(O)cc1CCc1ccc(cc1)CC2. The Labute approximate surface area is 141 Å². The van der Waals surface area contributed by atoms with Gasteiger partial charge in [0.25, 0.3) is 5.78 Å². The van der Waals surface area contributed by atoms with Crippen molar-refractivity contribution in [2.75, 3.05) is 6.61 Å². The van der Waals surface area contributed by atoms with Gasteiger partial charge >= 0.3 is 5.97 Å². The molecule has 0 heterocycles. The molecule has 0 fully saturated rings. The minimum absolute atomic E-state index is 0.163. The van der Waals surface area contributed by atoms with Gasteiger partial charge in [0, 0.05) is 5.56 Å². The van der Waals surface area contributed by atoms with Crippen molar-refractivity contribution in [3.63, 3.8) is 0 Å². The summed E-state index contributed by atoms with van der Waals surface area (Å²) in [6.07, 6.45) is 2.69. The zero-order valence-electron chi connectivity index (χ0n) is 13.7. The Morgan fingerprint density at radius 1 is 0.958 bits per heavy atom. The van der Waals surface area contributed by atoms with Gasteiger partial charge in [0.2, 0.25) is 0 Å². The molecule has 0 unspecified atom stereocenters. The van der Waals surface area contributed by atoms with E-state index in [1.165, 1.54) is 5.56 Å². The molecule has 0 radical (unpaired) electrons. The fourth-order valence-corrected chi connectivity index (χ4v) is 3.03. The van der Waals surface area contributed by atoms with Gasteiger partial charge in [-0.3, -0.25) is 4.79 Å². The van der Waals surface area contributed by atoms with Gasteiger partial charge in [0.05, 0.1) is 6.61 Å². The molecule has 4 aliphatic carbocycles. The zero-order chi connectivity index (χ0) is 17.1. The monoisotopic (exact) mass is 324 g/mol. The number of benzene rings is 2. The number of hydrogen-bond acceptors (Lipinski definition) is 4. The molecule has 0 amide bonds. The summed E-state index contributed by atoms with van der Waals surface area (Å²) in [4.78, 5) is 24.3. The van der Waals surface area contributed by atoms with Crippen molar-refractivity contribution in [1.82, 2.24) is 0 Å². The van der Waals surface area contributed by atoms with Crippen molar-refractivity contribution in [3.8, 4) is 5.75 Å². The predicted octanol–water partition coefficient (Wildman–Crippen LogP) is 3.02. The number of phenolic OH excluding ortho intramolecular Hbond substituents is 1. The smallest absolute Gasteiger partial charge is 0.379 e. The van der Waals surface area contributed by atoms with Crippen LogP contribution in [0.1, 0.15) is 39.5 Å². The van der Waals surface area contributed by atoms with E-state index in [0.29, 0.717) is 29.5 Å². The van der Waals surface area contributed by atoms with Crippen LogP contribution >= 0.6 is 0 Å². The molecule has 0 saturated carbocycles. The van der Waals surface area contributed by atoms with E-state index in [1.54, 1.807) is 19.1 Å². The lowest BCUT2D eigenvalue weighted by atomic mass is 9.91. The molecule has 0 aliphatic heterocycles. The summed E-state index contributed by atoms with van der Waals surface area (Å²) in [6.45, 7) is 1.83. The fraction of sp³-hybridized carbons (Fsp3) is 0.300. The first kappa shape index (κ1) is 16.2. The Kier molecular flexibility index (Phi) is 4.65. The quantitative estimate of drug-likeness (QED) is 0.535. The molecule has 1 N–H and O–H groups in total. The molecule has 4 bridgehead atoms. The molecule has 24 heavy (non-hydrogen) atoms. The van der Waals surface area contributed by atoms with Gasteiger partial charge in [-0.05, 0) is 67.0 Å². The second-order valence-corrected chi connectivity index (χ2v) is 6.00. The number of rotatable bonds is 3. The van der Waals surface area contributed by atoms with E-state index in [1.807, 2.05) is 0 Å². The number of carbonyl (C=O) groups excluding carboxylic acids is 2. The highest BCUT2D eigenvalue weighted by atomic mass is 16.5. The van der Waals surface area contributed by atoms with E-state index in [2.05, 4.69) is 24.3 Å². The second kappa shape index (κ2) is 6.87. The summed E-state index contributed by atoms with van der Waals surface area (Å²) in [5.41, 5.74) is 4.05. The lowest BCUT2D eigenvalue weighted by molar-refractivity contribution is -0.137. The third-order valence-electron chi connectivity index (χ3n) is 4.40. The van der Waals surface area contributed by atoms with Crippen LogP contribution in [0.3, 0.4) is 0 Å². The molecule has 6 rings (SSSR count). The summed E-state index contributed by atoms with van der Waals surface area (Å²) in [6, 6.07) is 11.7. The van der Waals surface area contributed by atoms with Gasteiger partial charge in [-0.1, -0.05) is 24.3 Å². The first-order chi connectivity index (χ1) is 11.6. The zero-order valence-corrected chi connectivity index (χ0v) is 13.7. The minimum atomic E-state index is -0.842. The average molecular weight is 324 g/mol. The highest BCUT2D eigenvalue weighted by Crippen LogP contribution is 2.27. The van der Waals surface area contributed by atoms with Gasteiger partial charge in [-0.15, -0.1) is 0 Å². The highest BCUT2D eigenvalue weighted by molar-refractivity contribution is 6.41. The molecule has 124 valence electrons. The Bertz CT molecular complexity index is 775. The van der Waals surface area contributed by atoms with Gasteiger partial charge in [0.1, 0.15) is 5.75 Å². The second-order valence-electron chi connectivity index (χ2n) is 6.00. The number of ketones is 1. The molecule has 0 saturated heterocycles. The molecule has 4 aliphatic rings. The molecule has 0 atom stereocenters. The number of carbonyl (C=O) groups is 2. The average Bonchev–Trinajstić information content (AvgIpc) is 2.57. The van der Waals surface area contributed by atoms with Gasteiger partial charge in [-0.25, -0.2) is 4.79 Å². The van der Waals surface area contributed by atoms with Gasteiger partial charge < -0.3 is 9.84 Å². The Hall–Kier alpha value is -2.62. The van der Waals surface area contributed by atoms with Crippen LogP contribution in [-0.4, -0.2) is 23.5 Å². The molecule has 0 spiro atoms. The van der Waals surface area contributed by atoms with E-state index in [0.717, 1.165) is 18.4 Å². The normalized spacial score (nSPS) is 13.2. The highest BCUT2D eigenvalue weighted by Gasteiger charge is 2.23. The van der Waals surface area contributed by atoms with Crippen LogP contribution in [0.15, 0.2) is 36.4 Å². The van der Waals surface area contributed by atoms with E-state index >= 15 is 0 Å². The number of phenols is 1. The molecular formula is C20H20O4. The third-order valence-corrected chi connectivity index (χ3v) is 4.40. The summed E-state index contributed by atoms with van der Waals surface area (Å²) in [5, 5.41) is 10.3. The number of Topliss-reactive ketones (excluding diaryl/α,β-unsaturated/α-hetero) is 1. The number of esters is 1. The summed E-state index contributed by atoms with van der Waals surface area (Å²) in [5.74, 6) is -1.30. The largest absolute Gasteiger partial charge is 0.508 e. The van der Waals surface area contributed by atoms with Crippen LogP contribution in [0.5, 0.6) is 5.75 Å². The summed E-state index contributed by atoms with van der Waals surface area (Å²) < 4.78 is 4.85. The van der Waals surface area contributed by atoms with Crippen molar-refractivity contribution in [1.29, 1.82) is 0 Å². The molecule has 2 aromatic carbocycles. The van der Waals surface area contributed by atoms with E-state index in [9.17, 15) is 14.7 Å². The van der Waals surface area contributed by atoms with Crippen LogP contribution < -0.4 is 0 Å². The third kappa shape index (κ3) is 3.32. The fourth-order valence-electron chi connectivity index (χ4n) is 3.03. The molecule has 0 aromatic heterocycles. The van der Waals surface area contributed by atoms with Crippen molar-refractivity contribution < 1.29 is 19.4 Å². The van der Waals surface area contributed by atoms with Crippen molar-refractivity contribution >= 4 is 11.8 Å². The number of aryl methyl sites for hydroxylation is 4. The minimum Gasteiger partial charge on any atom is -0.508 e. The number of ether oxygens (including phenoxy) is 1. The van der Waals surface area contributed by atoms with Gasteiger partial charge in [-0.2, -0.15) is 0 Å². The van der Waals surface area contributed by atoms with E-state index in [4.69, 9.17) is 4.74 Å². The van der Waals surface area contributed by atoms with E-state index < -0.39 is 11.8 Å². The lowest BCUT2D eigenvalue weighted by Gasteiger charge is -2.15. The van der Waals surface area contributed by atoms with Crippen LogP contribution in [0.2, 0.25) is 0 Å². The molecular weight excluding hydrogens is 304 g/mol. The maximum Gasteiger partial charge on any atom is 0.379 e. The Morgan fingerprint density at radius 3 is 2.12 bits per heavy atom. The number of aromatic hydroxyl groups is 1. The van der Waals surface area contributed by atoms with Crippen LogP contribution in [0, 0.1) is 0 Å². The predicted molar refractivity (Wildman–Crippen MR) is 90.3 cm³/mol. The standard InChI is InChI=1S/C20H20O4/c1-2-24-20(23)19(22)17-11-16-10-8-14-5-3-13(4-6-14)7-9-15(17)12-18(16)21/h3-6,11-12,21H,2,7-10H2,1H3.